The van der Waals surface area contributed by atoms with Crippen LogP contribution in [0.5, 0.6) is 0 Å². The van der Waals surface area contributed by atoms with Gasteiger partial charge in [0.25, 0.3) is 11.8 Å². The van der Waals surface area contributed by atoms with E-state index < -0.39 is 11.8 Å². The highest BCUT2D eigenvalue weighted by Gasteiger charge is 2.33. The summed E-state index contributed by atoms with van der Waals surface area (Å²) in [4.78, 5) is 28.2. The van der Waals surface area contributed by atoms with Crippen LogP contribution in [0.4, 0.5) is 5.69 Å². The van der Waals surface area contributed by atoms with E-state index in [1.54, 1.807) is 0 Å². The molecule has 0 aromatic heterocycles. The lowest BCUT2D eigenvalue weighted by atomic mass is 9.88. The summed E-state index contributed by atoms with van der Waals surface area (Å²) in [5.74, 6) is -0.957. The normalized spacial score (nSPS) is 20.6. The van der Waals surface area contributed by atoms with Gasteiger partial charge in [-0.2, -0.15) is 0 Å². The largest absolute Gasteiger partial charge is 0.363 e. The Morgan fingerprint density at radius 3 is 2.59 bits per heavy atom. The number of carbonyl (C=O) groups excluding carboxylic acids is 2. The zero-order chi connectivity index (χ0) is 20.1. The Morgan fingerprint density at radius 2 is 1.96 bits per heavy atom. The van der Waals surface area contributed by atoms with Crippen LogP contribution >= 0.6 is 23.8 Å². The van der Waals surface area contributed by atoms with Crippen LogP contribution in [-0.4, -0.2) is 41.0 Å². The van der Waals surface area contributed by atoms with Crippen LogP contribution in [0.3, 0.4) is 0 Å². The number of nitrogens with one attached hydrogen (secondary N) is 1. The summed E-state index contributed by atoms with van der Waals surface area (Å²) in [5, 5.41) is 3.10. The van der Waals surface area contributed by atoms with Gasteiger partial charge in [0.15, 0.2) is 5.11 Å². The molecule has 3 rings (SSSR count). The van der Waals surface area contributed by atoms with E-state index in [2.05, 4.69) is 44.0 Å². The second-order valence-electron chi connectivity index (χ2n) is 7.30. The van der Waals surface area contributed by atoms with Gasteiger partial charge in [-0.15, -0.1) is 0 Å². The van der Waals surface area contributed by atoms with Crippen molar-refractivity contribution in [1.82, 2.24) is 10.2 Å². The van der Waals surface area contributed by atoms with Crippen molar-refractivity contribution in [2.75, 3.05) is 18.5 Å². The quantitative estimate of drug-likeness (QED) is 0.465. The third-order valence-electron chi connectivity index (χ3n) is 5.02. The van der Waals surface area contributed by atoms with Gasteiger partial charge in [0.05, 0.1) is 5.54 Å². The number of hydrogen-bond donors (Lipinski definition) is 1. The summed E-state index contributed by atoms with van der Waals surface area (Å²) < 4.78 is 0. The van der Waals surface area contributed by atoms with Crippen LogP contribution < -0.4 is 10.2 Å². The first-order valence-corrected chi connectivity index (χ1v) is 9.51. The van der Waals surface area contributed by atoms with Crippen molar-refractivity contribution in [1.29, 1.82) is 0 Å². The van der Waals surface area contributed by atoms with Gasteiger partial charge in [-0.3, -0.25) is 19.8 Å². The highest BCUT2D eigenvalue weighted by atomic mass is 35.5. The Balaban J connectivity index is 2.13. The van der Waals surface area contributed by atoms with E-state index in [-0.39, 0.29) is 16.2 Å². The van der Waals surface area contributed by atoms with Crippen molar-refractivity contribution >= 4 is 58.1 Å². The van der Waals surface area contributed by atoms with Crippen LogP contribution in [0.25, 0.3) is 11.6 Å². The molecular weight excluding hydrogens is 382 g/mol. The minimum absolute atomic E-state index is 0.0121. The molecule has 0 spiro atoms. The van der Waals surface area contributed by atoms with E-state index in [0.717, 1.165) is 23.4 Å². The van der Waals surface area contributed by atoms with Crippen molar-refractivity contribution < 1.29 is 9.59 Å². The molecule has 5 nitrogen and oxygen atoms in total. The average molecular weight is 404 g/mol. The molecule has 1 fully saturated rings. The average Bonchev–Trinajstić information content (AvgIpc) is 2.57. The molecule has 2 amide bonds. The maximum Gasteiger partial charge on any atom is 0.265 e. The molecule has 2 aliphatic rings. The van der Waals surface area contributed by atoms with Gasteiger partial charge in [0.1, 0.15) is 5.57 Å². The second kappa shape index (κ2) is 6.77. The molecule has 0 bridgehead atoms. The number of hydrogen-bond acceptors (Lipinski definition) is 4. The zero-order valence-electron chi connectivity index (χ0n) is 16.0. The smallest absolute Gasteiger partial charge is 0.265 e. The third kappa shape index (κ3) is 3.28. The van der Waals surface area contributed by atoms with E-state index in [1.165, 1.54) is 18.0 Å². The number of likely N-dealkylation sites (N-methyl/N-ethyl adjacent to an activating group) is 2. The number of benzene rings is 1. The summed E-state index contributed by atoms with van der Waals surface area (Å²) in [6.07, 6.45) is 3.75. The molecule has 1 aromatic carbocycles. The van der Waals surface area contributed by atoms with Gasteiger partial charge < -0.3 is 4.90 Å². The minimum Gasteiger partial charge on any atom is -0.363 e. The predicted molar refractivity (Wildman–Crippen MR) is 114 cm³/mol. The van der Waals surface area contributed by atoms with Crippen molar-refractivity contribution in [3.8, 4) is 0 Å². The van der Waals surface area contributed by atoms with Crippen molar-refractivity contribution in [2.24, 2.45) is 0 Å². The summed E-state index contributed by atoms with van der Waals surface area (Å²) in [5.41, 5.74) is 3.74. The summed E-state index contributed by atoms with van der Waals surface area (Å²) >= 11 is 11.5. The highest BCUT2D eigenvalue weighted by Crippen LogP contribution is 2.41. The summed E-state index contributed by atoms with van der Waals surface area (Å²) in [7, 11) is 1.53. The van der Waals surface area contributed by atoms with E-state index in [0.29, 0.717) is 10.6 Å². The second-order valence-corrected chi connectivity index (χ2v) is 8.09. The number of carbonyl (C=O) groups is 2. The standard InChI is InChI=1S/C20H22ClN3O2S/c1-6-24-16-9-15(21)12(7-13(16)11(2)10-20(24,3)4)8-14-17(25)22-19(27)23(5)18(14)26/h7-10H,6H2,1-5H3,(H,22,25,27)/b14-8-. The van der Waals surface area contributed by atoms with Crippen LogP contribution in [-0.2, 0) is 9.59 Å². The molecule has 27 heavy (non-hydrogen) atoms. The molecule has 1 aromatic rings. The number of thiocarbonyl (C=S) groups is 1. The highest BCUT2D eigenvalue weighted by molar-refractivity contribution is 7.80. The zero-order valence-corrected chi connectivity index (χ0v) is 17.6. The van der Waals surface area contributed by atoms with Crippen molar-refractivity contribution in [3.63, 3.8) is 0 Å². The molecule has 0 atom stereocenters. The number of fused-ring (bicyclic) bond motifs is 1. The molecule has 7 heteroatoms. The number of amides is 2. The number of nitrogens with zero attached hydrogens (tertiary/aromatic N) is 2. The molecular formula is C20H22ClN3O2S. The first-order valence-electron chi connectivity index (χ1n) is 8.73. The molecule has 1 saturated heterocycles. The molecule has 2 heterocycles. The van der Waals surface area contributed by atoms with Gasteiger partial charge >= 0.3 is 0 Å². The molecule has 0 radical (unpaired) electrons. The third-order valence-corrected chi connectivity index (χ3v) is 5.72. The van der Waals surface area contributed by atoms with Crippen molar-refractivity contribution in [3.05, 3.63) is 39.9 Å². The number of rotatable bonds is 2. The minimum atomic E-state index is -0.513. The molecule has 0 saturated carbocycles. The fourth-order valence-electron chi connectivity index (χ4n) is 3.70. The maximum atomic E-state index is 12.4. The van der Waals surface area contributed by atoms with E-state index in [9.17, 15) is 9.59 Å². The first-order chi connectivity index (χ1) is 12.6. The molecule has 0 aliphatic carbocycles. The molecule has 0 unspecified atom stereocenters. The van der Waals surface area contributed by atoms with E-state index in [1.807, 2.05) is 12.1 Å². The molecule has 1 N–H and O–H groups in total. The van der Waals surface area contributed by atoms with Gasteiger partial charge in [0, 0.05) is 29.9 Å². The Labute approximate surface area is 169 Å². The Kier molecular flexibility index (Phi) is 4.91. The lowest BCUT2D eigenvalue weighted by Crippen LogP contribution is -2.52. The number of allylic oxidation sites excluding steroid dienone is 1. The fourth-order valence-corrected chi connectivity index (χ4v) is 4.09. The van der Waals surface area contributed by atoms with Crippen LogP contribution in [0.2, 0.25) is 5.02 Å². The Bertz CT molecular complexity index is 933. The van der Waals surface area contributed by atoms with Crippen molar-refractivity contribution in [2.45, 2.75) is 33.2 Å². The fraction of sp³-hybridized carbons (Fsp3) is 0.350. The van der Waals surface area contributed by atoms with Gasteiger partial charge in [0.2, 0.25) is 0 Å². The lowest BCUT2D eigenvalue weighted by molar-refractivity contribution is -0.128. The first kappa shape index (κ1) is 19.6. The van der Waals surface area contributed by atoms with Gasteiger partial charge in [-0.1, -0.05) is 17.7 Å². The SMILES string of the molecule is CCN1c2cc(Cl)c(/C=C3/C(=O)NC(=S)N(C)C3=O)cc2C(C)=CC1(C)C. The van der Waals surface area contributed by atoms with E-state index in [4.69, 9.17) is 23.8 Å². The van der Waals surface area contributed by atoms with Crippen LogP contribution in [0.15, 0.2) is 23.8 Å². The van der Waals surface area contributed by atoms with Crippen LogP contribution in [0, 0.1) is 0 Å². The van der Waals surface area contributed by atoms with Gasteiger partial charge in [-0.05, 0) is 69.3 Å². The Hall–Kier alpha value is -2.18. The summed E-state index contributed by atoms with van der Waals surface area (Å²) in [6.45, 7) is 9.33. The molecule has 2 aliphatic heterocycles. The lowest BCUT2D eigenvalue weighted by Gasteiger charge is -2.43. The Morgan fingerprint density at radius 1 is 1.30 bits per heavy atom. The van der Waals surface area contributed by atoms with Gasteiger partial charge in [-0.25, -0.2) is 0 Å². The summed E-state index contributed by atoms with van der Waals surface area (Å²) in [6, 6.07) is 3.84. The topological polar surface area (TPSA) is 52.7 Å². The van der Waals surface area contributed by atoms with E-state index >= 15 is 0 Å². The maximum absolute atomic E-state index is 12.4. The monoisotopic (exact) mass is 403 g/mol. The number of halogens is 1. The van der Waals surface area contributed by atoms with Crippen LogP contribution in [0.1, 0.15) is 38.8 Å². The molecule has 142 valence electrons. The predicted octanol–water partition coefficient (Wildman–Crippen LogP) is 3.62. The number of anilines is 1.